The van der Waals surface area contributed by atoms with Crippen LogP contribution in [0.25, 0.3) is 0 Å². The summed E-state index contributed by atoms with van der Waals surface area (Å²) in [5.41, 5.74) is 4.46. The van der Waals surface area contributed by atoms with Gasteiger partial charge in [-0.15, -0.1) is 0 Å². The lowest BCUT2D eigenvalue weighted by Crippen LogP contribution is -2.40. The molecule has 23 heteroatoms. The summed E-state index contributed by atoms with van der Waals surface area (Å²) in [6.07, 6.45) is -4.82. The molecule has 2 aliphatic heterocycles. The summed E-state index contributed by atoms with van der Waals surface area (Å²) < 4.78 is 32.4. The summed E-state index contributed by atoms with van der Waals surface area (Å²) in [6.45, 7) is 18.0. The zero-order valence-corrected chi connectivity index (χ0v) is 32.9. The molecule has 0 radical (unpaired) electrons. The number of aliphatic hydroxyl groups excluding tert-OH is 3. The number of nitrogens with one attached hydrogen (secondary N) is 2. The van der Waals surface area contributed by atoms with Crippen molar-refractivity contribution in [2.24, 2.45) is 0 Å². The maximum Gasteiger partial charge on any atom is 0.422 e. The van der Waals surface area contributed by atoms with E-state index >= 15 is 0 Å². The summed E-state index contributed by atoms with van der Waals surface area (Å²) in [5.74, 6) is -1.21. The van der Waals surface area contributed by atoms with Crippen molar-refractivity contribution in [1.29, 1.82) is 0 Å². The second-order valence-electron chi connectivity index (χ2n) is 13.6. The maximum absolute atomic E-state index is 11.5. The van der Waals surface area contributed by atoms with E-state index in [9.17, 15) is 29.4 Å². The molecule has 4 rings (SSSR count). The predicted octanol–water partition coefficient (Wildman–Crippen LogP) is -0.869. The summed E-state index contributed by atoms with van der Waals surface area (Å²) in [4.78, 5) is 66.3. The Labute approximate surface area is 302 Å². The Balaban J connectivity index is 0.000000271. The van der Waals surface area contributed by atoms with E-state index in [1.807, 2.05) is 6.92 Å². The van der Waals surface area contributed by atoms with Crippen LogP contribution in [0.3, 0.4) is 0 Å². The van der Waals surface area contributed by atoms with E-state index in [1.54, 1.807) is 6.33 Å². The van der Waals surface area contributed by atoms with Crippen LogP contribution in [0.2, 0.25) is 39.3 Å². The molecule has 7 N–H and O–H groups in total. The van der Waals surface area contributed by atoms with Crippen LogP contribution in [-0.2, 0) is 38.1 Å². The van der Waals surface area contributed by atoms with Gasteiger partial charge in [0.15, 0.2) is 20.6 Å². The van der Waals surface area contributed by atoms with Gasteiger partial charge in [0.1, 0.15) is 30.7 Å². The van der Waals surface area contributed by atoms with E-state index in [2.05, 4.69) is 69.2 Å². The molecule has 2 aliphatic rings. The number of anilines is 2. The summed E-state index contributed by atoms with van der Waals surface area (Å²) in [7, 11) is -3.03. The number of hydrogen-bond donors (Lipinski definition) is 5. The highest BCUT2D eigenvalue weighted by atomic mass is 28.4. The van der Waals surface area contributed by atoms with Gasteiger partial charge < -0.3 is 54.1 Å². The quantitative estimate of drug-likeness (QED) is 0.111. The Kier molecular flexibility index (Phi) is 16.2. The number of nitrogens with zero attached hydrogens (tertiary/aromatic N) is 5. The number of H-pyrrole nitrogens is 1. The predicted molar refractivity (Wildman–Crippen MR) is 185 cm³/mol. The average molecular weight is 776 g/mol. The van der Waals surface area contributed by atoms with Gasteiger partial charge in [-0.2, -0.15) is 4.98 Å². The standard InChI is InChI=1S/C12H18O7.C9H20N4OSi2.C8H12N4O5/c1-5-9-10(16-6(2)13)11(17-7(3)14)12(19-9)18-8(4)15;1-15(2,3)13-8-10-7-11-9(12-8)14-16(4,5)6;9-7-10-2-12(8(16)11-7)6-5(15)4(14)3(1-13)17-6/h9-12H,5H2,1-4H3;7H,1-6H3,(H,10,11,12,13);2-6,13-15H,1H2,(H2,9,11,16)/p+1/t9-,10?,11+,12?;;3-,4?,5+,6-/m1.1/s1. The first-order valence-corrected chi connectivity index (χ1v) is 23.2. The molecule has 2 aromatic rings. The number of hydrogen-bond acceptors (Lipinski definition) is 19. The molecule has 0 spiro atoms. The molecule has 52 heavy (non-hydrogen) atoms. The molecular formula is C29H51N8O13Si2+. The van der Waals surface area contributed by atoms with Crippen molar-refractivity contribution < 1.29 is 62.8 Å². The van der Waals surface area contributed by atoms with Gasteiger partial charge in [-0.3, -0.25) is 19.0 Å². The summed E-state index contributed by atoms with van der Waals surface area (Å²) in [5, 5.41) is 28.1. The highest BCUT2D eigenvalue weighted by Gasteiger charge is 2.50. The number of carbonyl (C=O) groups excluding carboxylic acids is 3. The molecule has 2 fully saturated rings. The second-order valence-corrected chi connectivity index (χ2v) is 22.8. The van der Waals surface area contributed by atoms with E-state index < -0.39 is 95.9 Å². The highest BCUT2D eigenvalue weighted by Crippen LogP contribution is 2.30. The Morgan fingerprint density at radius 2 is 1.52 bits per heavy atom. The molecule has 21 nitrogen and oxygen atoms in total. The first-order chi connectivity index (χ1) is 24.0. The number of nitrogen functional groups attached to an aromatic ring is 1. The topological polar surface area (TPSA) is 293 Å². The van der Waals surface area contributed by atoms with Gasteiger partial charge in [-0.05, 0) is 31.0 Å². The molecule has 0 bridgehead atoms. The normalized spacial score (nSPS) is 25.4. The van der Waals surface area contributed by atoms with E-state index in [-0.39, 0.29) is 5.95 Å². The number of nitrogens with two attached hydrogens (primary N) is 1. The minimum atomic E-state index is -1.62. The van der Waals surface area contributed by atoms with Crippen LogP contribution in [0.5, 0.6) is 6.01 Å². The lowest BCUT2D eigenvalue weighted by molar-refractivity contribution is -0.398. The molecule has 292 valence electrons. The fourth-order valence-electron chi connectivity index (χ4n) is 4.61. The van der Waals surface area contributed by atoms with Crippen molar-refractivity contribution in [3.8, 4) is 6.01 Å². The molecule has 0 saturated carbocycles. The van der Waals surface area contributed by atoms with E-state index in [4.69, 9.17) is 39.0 Å². The van der Waals surface area contributed by atoms with Gasteiger partial charge in [0, 0.05) is 20.8 Å². The van der Waals surface area contributed by atoms with Crippen molar-refractivity contribution in [2.75, 3.05) is 17.3 Å². The average Bonchev–Trinajstić information content (AvgIpc) is 3.46. The lowest BCUT2D eigenvalue weighted by Gasteiger charge is -2.22. The van der Waals surface area contributed by atoms with Crippen molar-refractivity contribution in [3.63, 3.8) is 0 Å². The van der Waals surface area contributed by atoms with Crippen LogP contribution in [0.15, 0.2) is 17.4 Å². The Morgan fingerprint density at radius 1 is 0.923 bits per heavy atom. The summed E-state index contributed by atoms with van der Waals surface area (Å²) >= 11 is 0. The van der Waals surface area contributed by atoms with Crippen LogP contribution < -0.4 is 25.8 Å². The fourth-order valence-corrected chi connectivity index (χ4v) is 6.09. The van der Waals surface area contributed by atoms with Gasteiger partial charge in [-0.25, -0.2) is 14.8 Å². The first kappa shape index (κ1) is 44.0. The van der Waals surface area contributed by atoms with Gasteiger partial charge in [-0.1, -0.05) is 31.5 Å². The van der Waals surface area contributed by atoms with Gasteiger partial charge >= 0.3 is 35.6 Å². The van der Waals surface area contributed by atoms with Gasteiger partial charge in [0.2, 0.25) is 33.0 Å². The number of carbonyl (C=O) groups is 3. The molecule has 4 heterocycles. The molecule has 8 atom stereocenters. The molecule has 3 unspecified atom stereocenters. The van der Waals surface area contributed by atoms with Gasteiger partial charge in [0.05, 0.1) is 6.61 Å². The van der Waals surface area contributed by atoms with Gasteiger partial charge in [0.25, 0.3) is 0 Å². The van der Waals surface area contributed by atoms with Crippen molar-refractivity contribution in [2.45, 2.75) is 123 Å². The van der Waals surface area contributed by atoms with Crippen molar-refractivity contribution in [1.82, 2.24) is 24.5 Å². The Morgan fingerprint density at radius 3 is 2.00 bits per heavy atom. The smallest absolute Gasteiger partial charge is 0.422 e. The number of aromatic amines is 1. The van der Waals surface area contributed by atoms with Crippen LogP contribution >= 0.6 is 0 Å². The number of ether oxygens (including phenoxy) is 5. The Hall–Kier alpha value is -4.14. The molecule has 2 aromatic heterocycles. The van der Waals surface area contributed by atoms with E-state index in [0.717, 1.165) is 10.9 Å². The third-order valence-electron chi connectivity index (χ3n) is 6.56. The molecule has 0 aliphatic carbocycles. The number of rotatable bonds is 10. The number of aromatic nitrogens is 6. The zero-order valence-electron chi connectivity index (χ0n) is 30.9. The third kappa shape index (κ3) is 14.1. The minimum Gasteiger partial charge on any atom is -0.496 e. The zero-order chi connectivity index (χ0) is 39.6. The molecule has 2 saturated heterocycles. The largest absolute Gasteiger partial charge is 0.496 e. The molecule has 0 aromatic carbocycles. The molecular weight excluding hydrogens is 725 g/mol. The van der Waals surface area contributed by atoms with Crippen LogP contribution in [0.1, 0.15) is 40.3 Å². The maximum atomic E-state index is 11.5. The monoisotopic (exact) mass is 775 g/mol. The number of aliphatic hydroxyl groups is 3. The minimum absolute atomic E-state index is 0.196. The van der Waals surface area contributed by atoms with Crippen LogP contribution in [-0.4, -0.2) is 124 Å². The SMILES string of the molecule is CC[C@H]1OC(OC(C)=O)[C@@H](OC(C)=O)C1OC(C)=O.C[Si](C)(C)Nc1nc[nH+]c(O[Si](C)(C)C)n1.Nc1ncn([C@@H]2O[C@H](CO)C(O)[C@@H]2O)c(=O)n1. The Bertz CT molecular complexity index is 1530. The third-order valence-corrected chi connectivity index (χ3v) is 8.34. The van der Waals surface area contributed by atoms with Crippen molar-refractivity contribution >= 4 is 46.4 Å². The molecule has 0 amide bonds. The van der Waals surface area contributed by atoms with Crippen LogP contribution in [0.4, 0.5) is 11.9 Å². The summed E-state index contributed by atoms with van der Waals surface area (Å²) in [6, 6.07) is 0.551. The number of esters is 3. The van der Waals surface area contributed by atoms with Crippen molar-refractivity contribution in [3.05, 3.63) is 23.1 Å². The van der Waals surface area contributed by atoms with Crippen LogP contribution in [0, 0.1) is 0 Å². The highest BCUT2D eigenvalue weighted by molar-refractivity contribution is 6.79. The lowest BCUT2D eigenvalue weighted by atomic mass is 10.1. The second kappa shape index (κ2) is 19.1. The fraction of sp³-hybridized carbons (Fsp3) is 0.690. The first-order valence-electron chi connectivity index (χ1n) is 16.3. The van der Waals surface area contributed by atoms with E-state index in [0.29, 0.717) is 18.4 Å². The van der Waals surface area contributed by atoms with E-state index in [1.165, 1.54) is 20.8 Å².